The van der Waals surface area contributed by atoms with E-state index in [1.165, 1.54) is 5.12 Å². The number of aliphatic carboxylic acids is 1. The molecule has 0 spiro atoms. The number of hydrogen-bond donors (Lipinski definition) is 4. The second-order valence-corrected chi connectivity index (χ2v) is 2.23. The fraction of sp³-hybridized carbons (Fsp3) is 0.250. The molecule has 0 aromatic carbocycles. The van der Waals surface area contributed by atoms with Gasteiger partial charge in [0.1, 0.15) is 6.54 Å². The highest BCUT2D eigenvalue weighted by molar-refractivity contribution is 7.84. The van der Waals surface area contributed by atoms with Gasteiger partial charge in [0.25, 0.3) is 0 Å². The summed E-state index contributed by atoms with van der Waals surface area (Å²) in [4.78, 5) is 10.1. The standard InChI is InChI=1S/C4H7N3O2S/c8-4(9)2-7-5-1-3(10)6-7/h1,5-6,10H,2H2,(H,8,9). The van der Waals surface area contributed by atoms with E-state index in [0.29, 0.717) is 5.03 Å². The van der Waals surface area contributed by atoms with E-state index < -0.39 is 5.97 Å². The number of nitrogens with one attached hydrogen (secondary N) is 2. The Morgan fingerprint density at radius 2 is 2.60 bits per heavy atom. The van der Waals surface area contributed by atoms with Crippen LogP contribution in [-0.4, -0.2) is 22.7 Å². The van der Waals surface area contributed by atoms with Crippen molar-refractivity contribution in [3.8, 4) is 0 Å². The summed E-state index contributed by atoms with van der Waals surface area (Å²) in [6, 6.07) is 0. The van der Waals surface area contributed by atoms with Crippen LogP contribution in [0.15, 0.2) is 11.2 Å². The predicted octanol–water partition coefficient (Wildman–Crippen LogP) is -0.875. The van der Waals surface area contributed by atoms with E-state index in [2.05, 4.69) is 23.5 Å². The molecule has 0 fully saturated rings. The zero-order valence-electron chi connectivity index (χ0n) is 5.03. The van der Waals surface area contributed by atoms with Crippen LogP contribution in [-0.2, 0) is 4.79 Å². The first-order valence-corrected chi connectivity index (χ1v) is 3.04. The van der Waals surface area contributed by atoms with Gasteiger partial charge in [-0.2, -0.15) is 0 Å². The Hall–Kier alpha value is -0.880. The molecule has 0 aromatic heterocycles. The Balaban J connectivity index is 2.29. The van der Waals surface area contributed by atoms with Gasteiger partial charge in [-0.3, -0.25) is 10.2 Å². The lowest BCUT2D eigenvalue weighted by Gasteiger charge is -2.13. The third kappa shape index (κ3) is 1.82. The van der Waals surface area contributed by atoms with E-state index in [-0.39, 0.29) is 6.54 Å². The van der Waals surface area contributed by atoms with Crippen LogP contribution in [0.2, 0.25) is 0 Å². The van der Waals surface area contributed by atoms with Gasteiger partial charge >= 0.3 is 5.97 Å². The summed E-state index contributed by atoms with van der Waals surface area (Å²) in [6.07, 6.45) is 1.56. The summed E-state index contributed by atoms with van der Waals surface area (Å²) in [5.74, 6) is -0.906. The van der Waals surface area contributed by atoms with E-state index in [1.54, 1.807) is 6.20 Å². The van der Waals surface area contributed by atoms with Gasteiger partial charge in [-0.25, -0.2) is 0 Å². The molecule has 0 aromatic rings. The number of rotatable bonds is 2. The van der Waals surface area contributed by atoms with Gasteiger partial charge in [-0.1, -0.05) is 0 Å². The number of nitrogens with zero attached hydrogens (tertiary/aromatic N) is 1. The van der Waals surface area contributed by atoms with Crippen LogP contribution in [0.4, 0.5) is 0 Å². The monoisotopic (exact) mass is 161 g/mol. The van der Waals surface area contributed by atoms with Crippen molar-refractivity contribution in [1.82, 2.24) is 16.0 Å². The predicted molar refractivity (Wildman–Crippen MR) is 37.7 cm³/mol. The van der Waals surface area contributed by atoms with E-state index in [9.17, 15) is 4.79 Å². The van der Waals surface area contributed by atoms with E-state index >= 15 is 0 Å². The van der Waals surface area contributed by atoms with Crippen molar-refractivity contribution in [2.24, 2.45) is 0 Å². The van der Waals surface area contributed by atoms with Crippen LogP contribution < -0.4 is 10.9 Å². The minimum absolute atomic E-state index is 0.111. The molecule has 0 saturated heterocycles. The highest BCUT2D eigenvalue weighted by Gasteiger charge is 2.11. The molecule has 1 aliphatic heterocycles. The Labute approximate surface area is 63.0 Å². The summed E-state index contributed by atoms with van der Waals surface area (Å²) in [6.45, 7) is -0.111. The minimum Gasteiger partial charge on any atom is -0.480 e. The molecular weight excluding hydrogens is 154 g/mol. The first-order chi connectivity index (χ1) is 4.68. The van der Waals surface area contributed by atoms with Crippen molar-refractivity contribution in [2.75, 3.05) is 6.54 Å². The lowest BCUT2D eigenvalue weighted by molar-refractivity contribution is -0.139. The van der Waals surface area contributed by atoms with Crippen LogP contribution in [0.3, 0.4) is 0 Å². The molecule has 1 heterocycles. The normalized spacial score (nSPS) is 17.5. The van der Waals surface area contributed by atoms with Crippen LogP contribution in [0.5, 0.6) is 0 Å². The largest absolute Gasteiger partial charge is 0.480 e. The lowest BCUT2D eigenvalue weighted by Crippen LogP contribution is -2.42. The SMILES string of the molecule is O=C(O)CN1NC=C(S)N1. The topological polar surface area (TPSA) is 64.6 Å². The molecule has 0 radical (unpaired) electrons. The summed E-state index contributed by atoms with van der Waals surface area (Å²) >= 11 is 3.93. The Morgan fingerprint density at radius 3 is 3.00 bits per heavy atom. The Bertz CT molecular complexity index is 181. The molecule has 0 amide bonds. The number of hydrazine groups is 2. The Morgan fingerprint density at radius 1 is 1.90 bits per heavy atom. The van der Waals surface area contributed by atoms with Crippen LogP contribution in [0.1, 0.15) is 0 Å². The smallest absolute Gasteiger partial charge is 0.321 e. The van der Waals surface area contributed by atoms with Gasteiger partial charge < -0.3 is 10.5 Å². The number of thiol groups is 1. The molecule has 0 aliphatic carbocycles. The van der Waals surface area contributed by atoms with Crippen molar-refractivity contribution < 1.29 is 9.90 Å². The van der Waals surface area contributed by atoms with Crippen LogP contribution in [0, 0.1) is 0 Å². The summed E-state index contributed by atoms with van der Waals surface area (Å²) in [5.41, 5.74) is 5.29. The Kier molecular flexibility index (Phi) is 2.03. The first-order valence-electron chi connectivity index (χ1n) is 2.60. The van der Waals surface area contributed by atoms with Crippen LogP contribution in [0.25, 0.3) is 0 Å². The van der Waals surface area contributed by atoms with Gasteiger partial charge in [-0.05, 0) is 0 Å². The van der Waals surface area contributed by atoms with E-state index in [4.69, 9.17) is 5.11 Å². The van der Waals surface area contributed by atoms with Crippen molar-refractivity contribution in [1.29, 1.82) is 0 Å². The molecule has 1 aliphatic rings. The summed E-state index contributed by atoms with van der Waals surface area (Å²) < 4.78 is 0. The quantitative estimate of drug-likeness (QED) is 0.396. The molecule has 10 heavy (non-hydrogen) atoms. The molecule has 56 valence electrons. The van der Waals surface area contributed by atoms with Gasteiger partial charge in [0.2, 0.25) is 0 Å². The molecule has 0 bridgehead atoms. The fourth-order valence-electron chi connectivity index (χ4n) is 0.562. The summed E-state index contributed by atoms with van der Waals surface area (Å²) in [7, 11) is 0. The third-order valence-electron chi connectivity index (χ3n) is 0.900. The average Bonchev–Trinajstić information content (AvgIpc) is 2.13. The molecule has 0 unspecified atom stereocenters. The second kappa shape index (κ2) is 2.80. The first kappa shape index (κ1) is 7.23. The van der Waals surface area contributed by atoms with Gasteiger partial charge in [0.15, 0.2) is 0 Å². The molecule has 0 saturated carbocycles. The molecular formula is C4H7N3O2S. The van der Waals surface area contributed by atoms with Gasteiger partial charge in [0, 0.05) is 6.20 Å². The van der Waals surface area contributed by atoms with E-state index in [0.717, 1.165) is 0 Å². The molecule has 3 N–H and O–H groups in total. The van der Waals surface area contributed by atoms with Gasteiger partial charge in [0.05, 0.1) is 5.03 Å². The molecule has 5 nitrogen and oxygen atoms in total. The number of carboxylic acid groups (broad SMARTS) is 1. The zero-order chi connectivity index (χ0) is 7.56. The number of carboxylic acids is 1. The number of carbonyl (C=O) groups is 1. The minimum atomic E-state index is -0.906. The van der Waals surface area contributed by atoms with E-state index in [1.807, 2.05) is 0 Å². The highest BCUT2D eigenvalue weighted by Crippen LogP contribution is 1.99. The maximum Gasteiger partial charge on any atom is 0.321 e. The maximum atomic E-state index is 10.1. The molecule has 0 atom stereocenters. The van der Waals surface area contributed by atoms with Crippen molar-refractivity contribution >= 4 is 18.6 Å². The summed E-state index contributed by atoms with van der Waals surface area (Å²) in [5, 5.41) is 10.2. The third-order valence-corrected chi connectivity index (χ3v) is 1.13. The molecule has 6 heteroatoms. The van der Waals surface area contributed by atoms with Crippen molar-refractivity contribution in [2.45, 2.75) is 0 Å². The van der Waals surface area contributed by atoms with Crippen LogP contribution >= 0.6 is 12.6 Å². The zero-order valence-corrected chi connectivity index (χ0v) is 5.93. The lowest BCUT2D eigenvalue weighted by atomic mass is 10.7. The van der Waals surface area contributed by atoms with Gasteiger partial charge in [-0.15, -0.1) is 17.7 Å². The molecule has 1 rings (SSSR count). The van der Waals surface area contributed by atoms with Crippen molar-refractivity contribution in [3.63, 3.8) is 0 Å². The fourth-order valence-corrected chi connectivity index (χ4v) is 0.741. The maximum absolute atomic E-state index is 10.1. The van der Waals surface area contributed by atoms with Crippen molar-refractivity contribution in [3.05, 3.63) is 11.2 Å². The average molecular weight is 161 g/mol. The highest BCUT2D eigenvalue weighted by atomic mass is 32.1. The number of hydrogen-bond acceptors (Lipinski definition) is 5. The second-order valence-electron chi connectivity index (χ2n) is 1.75.